The number of hydrogen-bond donors (Lipinski definition) is 0. The van der Waals surface area contributed by atoms with E-state index < -0.39 is 0 Å². The van der Waals surface area contributed by atoms with Crippen LogP contribution in [-0.4, -0.2) is 15.2 Å². The maximum Gasteiger partial charge on any atom is 0.119 e. The largest absolute Gasteiger partial charge is 0.265 e. The van der Waals surface area contributed by atoms with Gasteiger partial charge in [0.2, 0.25) is 0 Å². The molecular weight excluding hydrogens is 290 g/mol. The minimum Gasteiger partial charge on any atom is -0.265 e. The van der Waals surface area contributed by atoms with Crippen LogP contribution in [0.25, 0.3) is 11.3 Å². The molecule has 2 aromatic heterocycles. The fourth-order valence-corrected chi connectivity index (χ4v) is 2.86. The second-order valence-corrected chi connectivity index (χ2v) is 6.20. The summed E-state index contributed by atoms with van der Waals surface area (Å²) in [5.74, 6) is 0.875. The fourth-order valence-electron chi connectivity index (χ4n) is 2.09. The summed E-state index contributed by atoms with van der Waals surface area (Å²) in [6, 6.07) is 14.5. The first kappa shape index (κ1) is 14.7. The summed E-state index contributed by atoms with van der Waals surface area (Å²) in [6.45, 7) is 4.23. The van der Waals surface area contributed by atoms with Crippen molar-refractivity contribution in [1.82, 2.24) is 15.2 Å². The molecule has 0 spiro atoms. The van der Waals surface area contributed by atoms with Crippen molar-refractivity contribution in [1.29, 1.82) is 0 Å². The molecule has 0 saturated carbocycles. The number of pyridine rings is 1. The van der Waals surface area contributed by atoms with Gasteiger partial charge in [-0.25, -0.2) is 0 Å². The van der Waals surface area contributed by atoms with Crippen LogP contribution in [0.1, 0.15) is 16.7 Å². The molecule has 3 nitrogen and oxygen atoms in total. The number of aryl methyl sites for hydroxylation is 2. The van der Waals surface area contributed by atoms with Gasteiger partial charge in [-0.15, -0.1) is 10.2 Å². The molecule has 1 aromatic carbocycles. The lowest BCUT2D eigenvalue weighted by molar-refractivity contribution is 0.935. The van der Waals surface area contributed by atoms with Gasteiger partial charge in [0.1, 0.15) is 5.03 Å². The highest BCUT2D eigenvalue weighted by Crippen LogP contribution is 2.23. The molecule has 0 N–H and O–H groups in total. The van der Waals surface area contributed by atoms with Gasteiger partial charge in [0.15, 0.2) is 0 Å². The van der Waals surface area contributed by atoms with Gasteiger partial charge in [0, 0.05) is 23.7 Å². The van der Waals surface area contributed by atoms with Gasteiger partial charge in [0.25, 0.3) is 0 Å². The Kier molecular flexibility index (Phi) is 4.49. The Morgan fingerprint density at radius 1 is 0.864 bits per heavy atom. The molecule has 0 atom stereocenters. The van der Waals surface area contributed by atoms with Gasteiger partial charge in [-0.3, -0.25) is 4.98 Å². The van der Waals surface area contributed by atoms with E-state index >= 15 is 0 Å². The van der Waals surface area contributed by atoms with Crippen LogP contribution in [0.2, 0.25) is 0 Å². The zero-order valence-corrected chi connectivity index (χ0v) is 13.5. The van der Waals surface area contributed by atoms with Crippen LogP contribution in [0.15, 0.2) is 59.9 Å². The Bertz CT molecular complexity index is 755. The molecule has 2 heterocycles. The van der Waals surface area contributed by atoms with Crippen LogP contribution < -0.4 is 0 Å². The average Bonchev–Trinajstić information content (AvgIpc) is 2.57. The Labute approximate surface area is 134 Å². The van der Waals surface area contributed by atoms with Crippen LogP contribution in [0.4, 0.5) is 0 Å². The first-order valence-electron chi connectivity index (χ1n) is 7.15. The van der Waals surface area contributed by atoms with Crippen LogP contribution in [-0.2, 0) is 5.75 Å². The van der Waals surface area contributed by atoms with E-state index in [2.05, 4.69) is 47.2 Å². The van der Waals surface area contributed by atoms with Crippen LogP contribution in [0.3, 0.4) is 0 Å². The quantitative estimate of drug-likeness (QED) is 0.668. The van der Waals surface area contributed by atoms with Crippen LogP contribution in [0, 0.1) is 13.8 Å². The summed E-state index contributed by atoms with van der Waals surface area (Å²) in [5.41, 5.74) is 5.83. The molecule has 0 amide bonds. The standard InChI is InChI=1S/C18H17N3S/c1-13-3-4-16(11-14(13)2)17-5-6-18(21-20-17)22-12-15-7-9-19-10-8-15/h3-11H,12H2,1-2H3. The predicted octanol–water partition coefficient (Wildman–Crippen LogP) is 4.45. The third kappa shape index (κ3) is 3.52. The number of rotatable bonds is 4. The normalized spacial score (nSPS) is 10.6. The first-order chi connectivity index (χ1) is 10.7. The minimum absolute atomic E-state index is 0.875. The number of thioether (sulfide) groups is 1. The minimum atomic E-state index is 0.875. The molecule has 110 valence electrons. The van der Waals surface area contributed by atoms with E-state index in [1.54, 1.807) is 11.8 Å². The van der Waals surface area contributed by atoms with E-state index in [1.807, 2.05) is 36.7 Å². The summed E-state index contributed by atoms with van der Waals surface area (Å²) in [4.78, 5) is 4.02. The molecule has 0 aliphatic rings. The van der Waals surface area contributed by atoms with E-state index in [4.69, 9.17) is 0 Å². The zero-order chi connectivity index (χ0) is 15.4. The Hall–Kier alpha value is -2.20. The molecule has 0 radical (unpaired) electrons. The second kappa shape index (κ2) is 6.71. The molecule has 0 aliphatic heterocycles. The van der Waals surface area contributed by atoms with E-state index in [-0.39, 0.29) is 0 Å². The Morgan fingerprint density at radius 3 is 2.36 bits per heavy atom. The second-order valence-electron chi connectivity index (χ2n) is 5.20. The van der Waals surface area contributed by atoms with E-state index in [0.717, 1.165) is 22.0 Å². The molecule has 3 rings (SSSR count). The molecule has 0 unspecified atom stereocenters. The van der Waals surface area contributed by atoms with Crippen molar-refractivity contribution in [3.05, 3.63) is 71.5 Å². The topological polar surface area (TPSA) is 38.7 Å². The summed E-state index contributed by atoms with van der Waals surface area (Å²) < 4.78 is 0. The van der Waals surface area contributed by atoms with Gasteiger partial charge in [-0.05, 0) is 60.9 Å². The number of aromatic nitrogens is 3. The Balaban J connectivity index is 1.71. The summed E-state index contributed by atoms with van der Waals surface area (Å²) in [7, 11) is 0. The molecule has 3 aromatic rings. The van der Waals surface area contributed by atoms with Crippen molar-refractivity contribution in [2.75, 3.05) is 0 Å². The maximum atomic E-state index is 4.35. The highest BCUT2D eigenvalue weighted by molar-refractivity contribution is 7.98. The third-order valence-corrected chi connectivity index (χ3v) is 4.57. The lowest BCUT2D eigenvalue weighted by atomic mass is 10.0. The van der Waals surface area contributed by atoms with Crippen molar-refractivity contribution < 1.29 is 0 Å². The van der Waals surface area contributed by atoms with Crippen molar-refractivity contribution in [3.63, 3.8) is 0 Å². The number of benzene rings is 1. The molecular formula is C18H17N3S. The first-order valence-corrected chi connectivity index (χ1v) is 8.14. The Morgan fingerprint density at radius 2 is 1.68 bits per heavy atom. The van der Waals surface area contributed by atoms with E-state index in [1.165, 1.54) is 16.7 Å². The predicted molar refractivity (Wildman–Crippen MR) is 90.7 cm³/mol. The van der Waals surface area contributed by atoms with E-state index in [9.17, 15) is 0 Å². The third-order valence-electron chi connectivity index (χ3n) is 3.58. The number of hydrogen-bond acceptors (Lipinski definition) is 4. The molecule has 0 aliphatic carbocycles. The SMILES string of the molecule is Cc1ccc(-c2ccc(SCc3ccncc3)nn2)cc1C. The van der Waals surface area contributed by atoms with Crippen LogP contribution >= 0.6 is 11.8 Å². The van der Waals surface area contributed by atoms with Gasteiger partial charge >= 0.3 is 0 Å². The van der Waals surface area contributed by atoms with E-state index in [0.29, 0.717) is 0 Å². The summed E-state index contributed by atoms with van der Waals surface area (Å²) in [6.07, 6.45) is 3.62. The van der Waals surface area contributed by atoms with Gasteiger partial charge in [-0.1, -0.05) is 23.9 Å². The van der Waals surface area contributed by atoms with Crippen molar-refractivity contribution in [2.45, 2.75) is 24.6 Å². The van der Waals surface area contributed by atoms with Gasteiger partial charge in [-0.2, -0.15) is 0 Å². The average molecular weight is 307 g/mol. The summed E-state index contributed by atoms with van der Waals surface area (Å²) in [5, 5.41) is 9.60. The number of nitrogens with zero attached hydrogens (tertiary/aromatic N) is 3. The molecule has 0 saturated heterocycles. The molecule has 0 bridgehead atoms. The highest BCUT2D eigenvalue weighted by Gasteiger charge is 2.04. The fraction of sp³-hybridized carbons (Fsp3) is 0.167. The molecule has 22 heavy (non-hydrogen) atoms. The molecule has 0 fully saturated rings. The molecule has 4 heteroatoms. The van der Waals surface area contributed by atoms with Crippen molar-refractivity contribution in [2.24, 2.45) is 0 Å². The zero-order valence-electron chi connectivity index (χ0n) is 12.7. The smallest absolute Gasteiger partial charge is 0.119 e. The van der Waals surface area contributed by atoms with Crippen LogP contribution in [0.5, 0.6) is 0 Å². The monoisotopic (exact) mass is 307 g/mol. The van der Waals surface area contributed by atoms with Crippen molar-refractivity contribution in [3.8, 4) is 11.3 Å². The highest BCUT2D eigenvalue weighted by atomic mass is 32.2. The lowest BCUT2D eigenvalue weighted by Gasteiger charge is -2.05. The summed E-state index contributed by atoms with van der Waals surface area (Å²) >= 11 is 1.68. The van der Waals surface area contributed by atoms with Crippen molar-refractivity contribution >= 4 is 11.8 Å². The van der Waals surface area contributed by atoms with Gasteiger partial charge in [0.05, 0.1) is 5.69 Å². The lowest BCUT2D eigenvalue weighted by Crippen LogP contribution is -1.91. The van der Waals surface area contributed by atoms with Gasteiger partial charge < -0.3 is 0 Å². The maximum absolute atomic E-state index is 4.35.